The number of benzene rings is 1. The van der Waals surface area contributed by atoms with Crippen molar-refractivity contribution in [3.63, 3.8) is 0 Å². The monoisotopic (exact) mass is 230 g/mol. The quantitative estimate of drug-likeness (QED) is 0.711. The van der Waals surface area contributed by atoms with Gasteiger partial charge < -0.3 is 4.79 Å². The van der Waals surface area contributed by atoms with E-state index in [0.29, 0.717) is 11.8 Å². The van der Waals surface area contributed by atoms with Gasteiger partial charge in [0.25, 0.3) is 0 Å². The van der Waals surface area contributed by atoms with Gasteiger partial charge in [-0.3, -0.25) is 0 Å². The van der Waals surface area contributed by atoms with E-state index < -0.39 is 0 Å². The molecule has 1 saturated carbocycles. The van der Waals surface area contributed by atoms with Gasteiger partial charge in [0.2, 0.25) is 0 Å². The van der Waals surface area contributed by atoms with Crippen molar-refractivity contribution in [1.29, 1.82) is 0 Å². The minimum atomic E-state index is 0.325. The Morgan fingerprint density at radius 3 is 2.29 bits per heavy atom. The number of hydrogen-bond donors (Lipinski definition) is 0. The van der Waals surface area contributed by atoms with E-state index in [1.807, 2.05) is 0 Å². The Labute approximate surface area is 104 Å². The maximum Gasteiger partial charge on any atom is 0.123 e. The molecule has 1 aromatic rings. The van der Waals surface area contributed by atoms with E-state index in [1.54, 1.807) is 0 Å². The lowest BCUT2D eigenvalue weighted by Gasteiger charge is -2.25. The Bertz CT molecular complexity index is 344. The van der Waals surface area contributed by atoms with E-state index in [9.17, 15) is 4.79 Å². The minimum absolute atomic E-state index is 0.325. The third-order valence-electron chi connectivity index (χ3n) is 3.95. The molecule has 1 aliphatic carbocycles. The van der Waals surface area contributed by atoms with Gasteiger partial charge in [0.1, 0.15) is 6.29 Å². The fourth-order valence-corrected chi connectivity index (χ4v) is 2.83. The van der Waals surface area contributed by atoms with E-state index in [1.165, 1.54) is 36.8 Å². The Balaban J connectivity index is 1.96. The van der Waals surface area contributed by atoms with Gasteiger partial charge >= 0.3 is 0 Å². The summed E-state index contributed by atoms with van der Waals surface area (Å²) < 4.78 is 0. The van der Waals surface area contributed by atoms with E-state index in [0.717, 1.165) is 19.1 Å². The van der Waals surface area contributed by atoms with Crippen LogP contribution in [0.2, 0.25) is 0 Å². The zero-order valence-electron chi connectivity index (χ0n) is 10.7. The summed E-state index contributed by atoms with van der Waals surface area (Å²) in [6.07, 6.45) is 8.03. The van der Waals surface area contributed by atoms with Crippen LogP contribution in [0.3, 0.4) is 0 Å². The molecule has 2 rings (SSSR count). The van der Waals surface area contributed by atoms with Gasteiger partial charge in [-0.05, 0) is 49.1 Å². The van der Waals surface area contributed by atoms with Crippen LogP contribution in [0.5, 0.6) is 0 Å². The fourth-order valence-electron chi connectivity index (χ4n) is 2.83. The van der Waals surface area contributed by atoms with Crippen molar-refractivity contribution < 1.29 is 4.79 Å². The van der Waals surface area contributed by atoms with E-state index >= 15 is 0 Å². The van der Waals surface area contributed by atoms with Crippen molar-refractivity contribution in [3.05, 3.63) is 35.4 Å². The van der Waals surface area contributed by atoms with Gasteiger partial charge in [0.15, 0.2) is 0 Å². The molecule has 0 amide bonds. The summed E-state index contributed by atoms with van der Waals surface area (Å²) in [4.78, 5) is 10.7. The molecular formula is C16H22O. The highest BCUT2D eigenvalue weighted by Crippen LogP contribution is 2.34. The average Bonchev–Trinajstić information content (AvgIpc) is 2.40. The molecule has 0 atom stereocenters. The first-order valence-corrected chi connectivity index (χ1v) is 6.87. The molecule has 0 radical (unpaired) electrons. The van der Waals surface area contributed by atoms with Crippen LogP contribution >= 0.6 is 0 Å². The molecule has 0 bridgehead atoms. The lowest BCUT2D eigenvalue weighted by atomic mass is 9.79. The van der Waals surface area contributed by atoms with Gasteiger partial charge in [-0.25, -0.2) is 0 Å². The zero-order chi connectivity index (χ0) is 12.1. The molecule has 0 aromatic heterocycles. The number of rotatable bonds is 4. The van der Waals surface area contributed by atoms with Crippen molar-refractivity contribution >= 4 is 6.29 Å². The van der Waals surface area contributed by atoms with Crippen LogP contribution in [0, 0.1) is 5.92 Å². The molecule has 1 aromatic carbocycles. The maximum absolute atomic E-state index is 10.7. The fraction of sp³-hybridized carbons (Fsp3) is 0.562. The molecule has 17 heavy (non-hydrogen) atoms. The Hall–Kier alpha value is -1.11. The number of aldehydes is 1. The highest BCUT2D eigenvalue weighted by atomic mass is 16.1. The lowest BCUT2D eigenvalue weighted by Crippen LogP contribution is -2.14. The topological polar surface area (TPSA) is 17.1 Å². The molecule has 0 heterocycles. The van der Waals surface area contributed by atoms with Crippen molar-refractivity contribution in [2.45, 2.75) is 51.4 Å². The molecule has 1 nitrogen and oxygen atoms in total. The van der Waals surface area contributed by atoms with E-state index in [4.69, 9.17) is 0 Å². The summed E-state index contributed by atoms with van der Waals surface area (Å²) in [6, 6.07) is 9.11. The van der Waals surface area contributed by atoms with E-state index in [2.05, 4.69) is 31.2 Å². The summed E-state index contributed by atoms with van der Waals surface area (Å²) >= 11 is 0. The molecule has 92 valence electrons. The highest BCUT2D eigenvalue weighted by Gasteiger charge is 2.21. The normalized spacial score (nSPS) is 24.5. The maximum atomic E-state index is 10.7. The number of hydrogen-bond acceptors (Lipinski definition) is 1. The van der Waals surface area contributed by atoms with Crippen LogP contribution in [0.25, 0.3) is 0 Å². The van der Waals surface area contributed by atoms with Crippen LogP contribution < -0.4 is 0 Å². The second kappa shape index (κ2) is 6.00. The highest BCUT2D eigenvalue weighted by molar-refractivity contribution is 5.53. The molecule has 0 unspecified atom stereocenters. The zero-order valence-corrected chi connectivity index (χ0v) is 10.7. The van der Waals surface area contributed by atoms with Crippen LogP contribution in [0.1, 0.15) is 56.1 Å². The molecule has 0 N–H and O–H groups in total. The molecule has 0 aliphatic heterocycles. The number of aryl methyl sites for hydroxylation is 1. The summed E-state index contributed by atoms with van der Waals surface area (Å²) in [5.41, 5.74) is 2.91. The van der Waals surface area contributed by atoms with Crippen LogP contribution in [-0.4, -0.2) is 6.29 Å². The lowest BCUT2D eigenvalue weighted by molar-refractivity contribution is -0.111. The predicted octanol–water partition coefficient (Wildman–Crippen LogP) is 4.11. The van der Waals surface area contributed by atoms with Crippen molar-refractivity contribution in [2.24, 2.45) is 5.92 Å². The van der Waals surface area contributed by atoms with E-state index in [-0.39, 0.29) is 0 Å². The Kier molecular flexibility index (Phi) is 4.36. The molecule has 0 saturated heterocycles. The number of carbonyl (C=O) groups excluding carboxylic acids is 1. The SMILES string of the molecule is CCCc1ccc(C2CCC(C=O)CC2)cc1. The summed E-state index contributed by atoms with van der Waals surface area (Å²) in [7, 11) is 0. The summed E-state index contributed by atoms with van der Waals surface area (Å²) in [6.45, 7) is 2.22. The van der Waals surface area contributed by atoms with Gasteiger partial charge in [0.05, 0.1) is 0 Å². The first-order valence-electron chi connectivity index (χ1n) is 6.87. The number of carbonyl (C=O) groups is 1. The average molecular weight is 230 g/mol. The minimum Gasteiger partial charge on any atom is -0.303 e. The second-order valence-corrected chi connectivity index (χ2v) is 5.24. The molecule has 0 spiro atoms. The standard InChI is InChI=1S/C16H22O/c1-2-3-13-4-8-15(9-5-13)16-10-6-14(12-17)7-11-16/h4-5,8-9,12,14,16H,2-3,6-7,10-11H2,1H3. The van der Waals surface area contributed by atoms with Crippen LogP contribution in [0.4, 0.5) is 0 Å². The summed E-state index contributed by atoms with van der Waals surface area (Å²) in [5, 5.41) is 0. The Morgan fingerprint density at radius 2 is 1.76 bits per heavy atom. The molecule has 1 heteroatoms. The first-order chi connectivity index (χ1) is 8.33. The van der Waals surface area contributed by atoms with Crippen LogP contribution in [-0.2, 0) is 11.2 Å². The molecule has 1 fully saturated rings. The predicted molar refractivity (Wildman–Crippen MR) is 71.2 cm³/mol. The first kappa shape index (κ1) is 12.3. The Morgan fingerprint density at radius 1 is 1.12 bits per heavy atom. The third-order valence-corrected chi connectivity index (χ3v) is 3.95. The largest absolute Gasteiger partial charge is 0.303 e. The third kappa shape index (κ3) is 3.18. The van der Waals surface area contributed by atoms with Gasteiger partial charge in [-0.2, -0.15) is 0 Å². The molecule has 1 aliphatic rings. The smallest absolute Gasteiger partial charge is 0.123 e. The second-order valence-electron chi connectivity index (χ2n) is 5.24. The van der Waals surface area contributed by atoms with Crippen molar-refractivity contribution in [2.75, 3.05) is 0 Å². The van der Waals surface area contributed by atoms with Crippen molar-refractivity contribution in [3.8, 4) is 0 Å². The van der Waals surface area contributed by atoms with Gasteiger partial charge in [-0.1, -0.05) is 37.6 Å². The van der Waals surface area contributed by atoms with Crippen LogP contribution in [0.15, 0.2) is 24.3 Å². The van der Waals surface area contributed by atoms with Gasteiger partial charge in [-0.15, -0.1) is 0 Å². The van der Waals surface area contributed by atoms with Crippen molar-refractivity contribution in [1.82, 2.24) is 0 Å². The van der Waals surface area contributed by atoms with Gasteiger partial charge in [0, 0.05) is 5.92 Å². The molecular weight excluding hydrogens is 208 g/mol. The summed E-state index contributed by atoms with van der Waals surface area (Å²) in [5.74, 6) is 1.01.